The van der Waals surface area contributed by atoms with Crippen LogP contribution in [0.1, 0.15) is 47.3 Å². The van der Waals surface area contributed by atoms with Crippen molar-refractivity contribution in [3.63, 3.8) is 0 Å². The van der Waals surface area contributed by atoms with E-state index >= 15 is 0 Å². The maximum absolute atomic E-state index is 13.4. The van der Waals surface area contributed by atoms with Crippen molar-refractivity contribution in [3.8, 4) is 5.69 Å². The van der Waals surface area contributed by atoms with Crippen molar-refractivity contribution in [3.05, 3.63) is 54.9 Å². The molecule has 1 N–H and O–H groups in total. The molecule has 4 rings (SSSR count). The molecule has 0 atom stereocenters. The first-order valence-electron chi connectivity index (χ1n) is 8.93. The zero-order valence-electron chi connectivity index (χ0n) is 14.6. The van der Waals surface area contributed by atoms with E-state index in [4.69, 9.17) is 12.2 Å². The third-order valence-electron chi connectivity index (χ3n) is 5.26. The second kappa shape index (κ2) is 6.54. The van der Waals surface area contributed by atoms with Crippen LogP contribution in [0, 0.1) is 18.6 Å². The summed E-state index contributed by atoms with van der Waals surface area (Å²) in [5.74, 6) is 0. The van der Waals surface area contributed by atoms with Crippen molar-refractivity contribution >= 4 is 33.8 Å². The Bertz CT molecular complexity index is 1070. The zero-order chi connectivity index (χ0) is 17.6. The van der Waals surface area contributed by atoms with Gasteiger partial charge in [-0.15, -0.1) is 11.3 Å². The summed E-state index contributed by atoms with van der Waals surface area (Å²) in [6.07, 6.45) is 7.01. The van der Waals surface area contributed by atoms with Gasteiger partial charge in [-0.25, -0.2) is 0 Å². The second-order valence-corrected chi connectivity index (χ2v) is 8.45. The normalized spacial score (nSPS) is 15.0. The van der Waals surface area contributed by atoms with Crippen molar-refractivity contribution in [2.45, 2.75) is 52.4 Å². The number of fused-ring (bicyclic) bond motifs is 3. The summed E-state index contributed by atoms with van der Waals surface area (Å²) >= 11 is 7.26. The van der Waals surface area contributed by atoms with Gasteiger partial charge in [0, 0.05) is 4.88 Å². The van der Waals surface area contributed by atoms with E-state index in [-0.39, 0.29) is 5.56 Å². The highest BCUT2D eigenvalue weighted by atomic mass is 32.1. The molecule has 0 radical (unpaired) electrons. The Morgan fingerprint density at radius 2 is 1.84 bits per heavy atom. The van der Waals surface area contributed by atoms with Crippen LogP contribution in [0.4, 0.5) is 0 Å². The molecule has 0 saturated carbocycles. The van der Waals surface area contributed by atoms with Gasteiger partial charge in [0.25, 0.3) is 5.56 Å². The molecule has 0 unspecified atom stereocenters. The average Bonchev–Trinajstić information content (AvgIpc) is 2.87. The molecule has 2 aromatic heterocycles. The molecule has 130 valence electrons. The molecule has 3 nitrogen and oxygen atoms in total. The molecule has 0 aliphatic heterocycles. The number of aromatic nitrogens is 2. The Morgan fingerprint density at radius 1 is 1.08 bits per heavy atom. The summed E-state index contributed by atoms with van der Waals surface area (Å²) < 4.78 is 2.14. The quantitative estimate of drug-likeness (QED) is 0.584. The molecule has 1 aliphatic rings. The highest BCUT2D eigenvalue weighted by Gasteiger charge is 2.19. The number of H-pyrrole nitrogens is 1. The van der Waals surface area contributed by atoms with E-state index in [2.05, 4.69) is 18.8 Å². The van der Waals surface area contributed by atoms with Crippen LogP contribution in [0.3, 0.4) is 0 Å². The van der Waals surface area contributed by atoms with Crippen LogP contribution in [-0.4, -0.2) is 9.55 Å². The second-order valence-electron chi connectivity index (χ2n) is 6.96. The first-order valence-corrected chi connectivity index (χ1v) is 10.2. The minimum Gasteiger partial charge on any atom is -0.323 e. The number of hydrogen-bond donors (Lipinski definition) is 1. The van der Waals surface area contributed by atoms with E-state index in [0.717, 1.165) is 35.2 Å². The van der Waals surface area contributed by atoms with Crippen LogP contribution in [-0.2, 0) is 12.8 Å². The van der Waals surface area contributed by atoms with Gasteiger partial charge in [0.1, 0.15) is 4.83 Å². The van der Waals surface area contributed by atoms with E-state index in [1.54, 1.807) is 15.9 Å². The number of thiophene rings is 1. The molecule has 25 heavy (non-hydrogen) atoms. The summed E-state index contributed by atoms with van der Waals surface area (Å²) in [5.41, 5.74) is 4.52. The van der Waals surface area contributed by atoms with Crippen LogP contribution < -0.4 is 5.56 Å². The largest absolute Gasteiger partial charge is 0.323 e. The molecule has 0 spiro atoms. The van der Waals surface area contributed by atoms with Crippen molar-refractivity contribution in [1.82, 2.24) is 9.55 Å². The SMILES string of the molecule is Cc1ccc(-n2c(=S)[nH]c3sc4c(c3c2=O)CCCCCC4)cc1C. The lowest BCUT2D eigenvalue weighted by Crippen LogP contribution is -2.21. The fourth-order valence-corrected chi connectivity index (χ4v) is 5.33. The summed E-state index contributed by atoms with van der Waals surface area (Å²) in [5, 5.41) is 0.855. The molecule has 1 aliphatic carbocycles. The fourth-order valence-electron chi connectivity index (χ4n) is 3.69. The van der Waals surface area contributed by atoms with Gasteiger partial charge >= 0.3 is 0 Å². The summed E-state index contributed by atoms with van der Waals surface area (Å²) in [6.45, 7) is 4.14. The minimum absolute atomic E-state index is 0.0278. The molecule has 0 amide bonds. The molecule has 5 heteroatoms. The number of nitrogens with zero attached hydrogens (tertiary/aromatic N) is 1. The zero-order valence-corrected chi connectivity index (χ0v) is 16.3. The third-order valence-corrected chi connectivity index (χ3v) is 6.75. The Kier molecular flexibility index (Phi) is 4.38. The summed E-state index contributed by atoms with van der Waals surface area (Å²) in [6, 6.07) is 6.08. The average molecular weight is 371 g/mol. The number of aromatic amines is 1. The number of hydrogen-bond acceptors (Lipinski definition) is 3. The molecule has 0 bridgehead atoms. The molecule has 0 saturated heterocycles. The van der Waals surface area contributed by atoms with Crippen LogP contribution in [0.5, 0.6) is 0 Å². The predicted molar refractivity (Wildman–Crippen MR) is 108 cm³/mol. The number of benzene rings is 1. The minimum atomic E-state index is 0.0278. The van der Waals surface area contributed by atoms with Gasteiger partial charge in [-0.2, -0.15) is 0 Å². The van der Waals surface area contributed by atoms with Crippen LogP contribution in [0.25, 0.3) is 15.9 Å². The Balaban J connectivity index is 2.00. The number of rotatable bonds is 1. The van der Waals surface area contributed by atoms with E-state index < -0.39 is 0 Å². The van der Waals surface area contributed by atoms with E-state index in [0.29, 0.717) is 4.77 Å². The maximum Gasteiger partial charge on any atom is 0.267 e. The molecule has 1 aromatic carbocycles. The van der Waals surface area contributed by atoms with Gasteiger partial charge in [0.15, 0.2) is 4.77 Å². The predicted octanol–water partition coefficient (Wildman–Crippen LogP) is 5.39. The number of nitrogens with one attached hydrogen (secondary N) is 1. The number of aryl methyl sites for hydroxylation is 4. The van der Waals surface area contributed by atoms with Gasteiger partial charge in [0.2, 0.25) is 0 Å². The smallest absolute Gasteiger partial charge is 0.267 e. The van der Waals surface area contributed by atoms with Gasteiger partial charge < -0.3 is 4.98 Å². The standard InChI is InChI=1S/C20H22N2OS2/c1-12-9-10-14(11-13(12)2)22-19(23)17-15-7-5-3-4-6-8-16(15)25-18(17)21-20(22)24/h9-11H,3-8H2,1-2H3,(H,21,24). The summed E-state index contributed by atoms with van der Waals surface area (Å²) in [7, 11) is 0. The van der Waals surface area contributed by atoms with E-state index in [1.807, 2.05) is 18.2 Å². The van der Waals surface area contributed by atoms with E-state index in [9.17, 15) is 4.79 Å². The van der Waals surface area contributed by atoms with Crippen LogP contribution >= 0.6 is 23.6 Å². The Morgan fingerprint density at radius 3 is 2.60 bits per heavy atom. The first-order chi connectivity index (χ1) is 12.1. The lowest BCUT2D eigenvalue weighted by Gasteiger charge is -2.11. The maximum atomic E-state index is 13.4. The Labute approximate surface area is 156 Å². The van der Waals surface area contributed by atoms with Crippen LogP contribution in [0.2, 0.25) is 0 Å². The molecule has 0 fully saturated rings. The molecule has 3 aromatic rings. The van der Waals surface area contributed by atoms with Gasteiger partial charge in [-0.3, -0.25) is 9.36 Å². The topological polar surface area (TPSA) is 37.8 Å². The molecular weight excluding hydrogens is 348 g/mol. The van der Waals surface area contributed by atoms with Gasteiger partial charge in [-0.1, -0.05) is 18.9 Å². The summed E-state index contributed by atoms with van der Waals surface area (Å²) in [4.78, 5) is 19.0. The van der Waals surface area contributed by atoms with E-state index in [1.165, 1.54) is 40.8 Å². The van der Waals surface area contributed by atoms with Crippen molar-refractivity contribution in [1.29, 1.82) is 0 Å². The highest BCUT2D eigenvalue weighted by molar-refractivity contribution is 7.71. The molecular formula is C20H22N2OS2. The lowest BCUT2D eigenvalue weighted by molar-refractivity contribution is 0.623. The van der Waals surface area contributed by atoms with Gasteiger partial charge in [0.05, 0.1) is 11.1 Å². The van der Waals surface area contributed by atoms with Crippen LogP contribution in [0.15, 0.2) is 23.0 Å². The fraction of sp³-hybridized carbons (Fsp3) is 0.400. The van der Waals surface area contributed by atoms with Gasteiger partial charge in [-0.05, 0) is 80.6 Å². The highest BCUT2D eigenvalue weighted by Crippen LogP contribution is 2.32. The van der Waals surface area contributed by atoms with Crippen molar-refractivity contribution in [2.75, 3.05) is 0 Å². The monoisotopic (exact) mass is 370 g/mol. The lowest BCUT2D eigenvalue weighted by atomic mass is 9.98. The van der Waals surface area contributed by atoms with Crippen molar-refractivity contribution in [2.24, 2.45) is 0 Å². The Hall–Kier alpha value is -1.72. The van der Waals surface area contributed by atoms with Crippen molar-refractivity contribution < 1.29 is 0 Å². The molecule has 2 heterocycles. The first kappa shape index (κ1) is 16.7. The third kappa shape index (κ3) is 2.89.